The molecule has 1 N–H and O–H groups in total. The zero-order valence-electron chi connectivity index (χ0n) is 14.4. The first-order valence-corrected chi connectivity index (χ1v) is 9.16. The number of hydrogen-bond donors (Lipinski definition) is 1. The summed E-state index contributed by atoms with van der Waals surface area (Å²) in [7, 11) is 0. The Hall–Kier alpha value is -2.07. The fraction of sp³-hybridized carbons (Fsp3) is 0.400. The van der Waals surface area contributed by atoms with Crippen LogP contribution in [0.15, 0.2) is 42.6 Å². The summed E-state index contributed by atoms with van der Waals surface area (Å²) >= 11 is 5.92. The molecular formula is C20H23ClN2O2. The maximum atomic E-state index is 12.4. The summed E-state index contributed by atoms with van der Waals surface area (Å²) in [6.07, 6.45) is 4.67. The van der Waals surface area contributed by atoms with Crippen LogP contribution < -0.4 is 10.1 Å². The first-order chi connectivity index (χ1) is 12.2. The van der Waals surface area contributed by atoms with Crippen LogP contribution >= 0.6 is 11.6 Å². The highest BCUT2D eigenvalue weighted by Gasteiger charge is 2.43. The van der Waals surface area contributed by atoms with E-state index in [0.717, 1.165) is 29.8 Å². The maximum absolute atomic E-state index is 12.4. The predicted octanol–water partition coefficient (Wildman–Crippen LogP) is 4.33. The van der Waals surface area contributed by atoms with Gasteiger partial charge >= 0.3 is 0 Å². The third-order valence-corrected chi connectivity index (χ3v) is 4.72. The predicted molar refractivity (Wildman–Crippen MR) is 98.8 cm³/mol. The van der Waals surface area contributed by atoms with E-state index in [1.165, 1.54) is 5.56 Å². The molecule has 2 unspecified atom stereocenters. The lowest BCUT2D eigenvalue weighted by Gasteiger charge is -2.11. The smallest absolute Gasteiger partial charge is 0.224 e. The zero-order valence-corrected chi connectivity index (χ0v) is 15.1. The van der Waals surface area contributed by atoms with Crippen molar-refractivity contribution < 1.29 is 9.53 Å². The van der Waals surface area contributed by atoms with Gasteiger partial charge in [-0.15, -0.1) is 0 Å². The standard InChI is InChI=1S/C20H23ClN2O2/c1-2-3-11-25-20-15(5-4-10-22-20)13-23-19(24)18-12-17(18)14-6-8-16(21)9-7-14/h4-10,17-18H,2-3,11-13H2,1H3,(H,23,24). The second-order valence-corrected chi connectivity index (χ2v) is 6.82. The van der Waals surface area contributed by atoms with Gasteiger partial charge in [-0.1, -0.05) is 43.1 Å². The zero-order chi connectivity index (χ0) is 17.6. The third kappa shape index (κ3) is 4.73. The van der Waals surface area contributed by atoms with Gasteiger partial charge in [0.05, 0.1) is 6.61 Å². The van der Waals surface area contributed by atoms with Gasteiger partial charge < -0.3 is 10.1 Å². The van der Waals surface area contributed by atoms with Crippen molar-refractivity contribution >= 4 is 17.5 Å². The van der Waals surface area contributed by atoms with Crippen molar-refractivity contribution in [3.63, 3.8) is 0 Å². The van der Waals surface area contributed by atoms with Crippen LogP contribution in [0.5, 0.6) is 5.88 Å². The molecule has 0 aliphatic heterocycles. The summed E-state index contributed by atoms with van der Waals surface area (Å²) in [6.45, 7) is 3.21. The second kappa shape index (κ2) is 8.34. The van der Waals surface area contributed by atoms with E-state index in [2.05, 4.69) is 17.2 Å². The molecule has 132 valence electrons. The topological polar surface area (TPSA) is 51.2 Å². The fourth-order valence-corrected chi connectivity index (χ4v) is 3.00. The van der Waals surface area contributed by atoms with Gasteiger partial charge in [-0.3, -0.25) is 4.79 Å². The summed E-state index contributed by atoms with van der Waals surface area (Å²) in [5.74, 6) is 1.04. The summed E-state index contributed by atoms with van der Waals surface area (Å²) in [5, 5.41) is 3.74. The van der Waals surface area contributed by atoms with Crippen LogP contribution in [0.25, 0.3) is 0 Å². The van der Waals surface area contributed by atoms with Gasteiger partial charge in [-0.25, -0.2) is 4.98 Å². The molecule has 5 heteroatoms. The largest absolute Gasteiger partial charge is 0.477 e. The van der Waals surface area contributed by atoms with Gasteiger partial charge in [-0.2, -0.15) is 0 Å². The number of pyridine rings is 1. The van der Waals surface area contributed by atoms with Crippen molar-refractivity contribution in [1.29, 1.82) is 0 Å². The van der Waals surface area contributed by atoms with Gasteiger partial charge in [0.2, 0.25) is 11.8 Å². The van der Waals surface area contributed by atoms with E-state index < -0.39 is 0 Å². The van der Waals surface area contributed by atoms with E-state index in [1.807, 2.05) is 36.4 Å². The summed E-state index contributed by atoms with van der Waals surface area (Å²) in [6, 6.07) is 11.6. The molecule has 3 rings (SSSR count). The number of unbranched alkanes of at least 4 members (excludes halogenated alkanes) is 1. The van der Waals surface area contributed by atoms with Gasteiger partial charge in [0, 0.05) is 29.2 Å². The van der Waals surface area contributed by atoms with Crippen LogP contribution in [-0.4, -0.2) is 17.5 Å². The molecule has 1 amide bonds. The summed E-state index contributed by atoms with van der Waals surface area (Å²) < 4.78 is 5.71. The molecule has 1 heterocycles. The lowest BCUT2D eigenvalue weighted by Crippen LogP contribution is -2.25. The first-order valence-electron chi connectivity index (χ1n) is 8.79. The van der Waals surface area contributed by atoms with Crippen molar-refractivity contribution in [3.05, 3.63) is 58.7 Å². The molecule has 2 aromatic rings. The van der Waals surface area contributed by atoms with Gasteiger partial charge in [0.25, 0.3) is 0 Å². The van der Waals surface area contributed by atoms with Crippen molar-refractivity contribution in [2.24, 2.45) is 5.92 Å². The average Bonchev–Trinajstić information content (AvgIpc) is 3.42. The number of amides is 1. The number of nitrogens with zero attached hydrogens (tertiary/aromatic N) is 1. The minimum Gasteiger partial charge on any atom is -0.477 e. The number of carbonyl (C=O) groups is 1. The Bertz CT molecular complexity index is 718. The SMILES string of the molecule is CCCCOc1ncccc1CNC(=O)C1CC1c1ccc(Cl)cc1. The number of hydrogen-bond acceptors (Lipinski definition) is 3. The van der Waals surface area contributed by atoms with E-state index in [4.69, 9.17) is 16.3 Å². The molecule has 1 aliphatic rings. The molecule has 2 atom stereocenters. The fourth-order valence-electron chi connectivity index (χ4n) is 2.88. The second-order valence-electron chi connectivity index (χ2n) is 6.39. The molecule has 0 radical (unpaired) electrons. The molecule has 1 aromatic carbocycles. The number of rotatable bonds is 8. The molecule has 1 saturated carbocycles. The van der Waals surface area contributed by atoms with E-state index in [-0.39, 0.29) is 11.8 Å². The monoisotopic (exact) mass is 358 g/mol. The molecule has 25 heavy (non-hydrogen) atoms. The van der Waals surface area contributed by atoms with E-state index in [1.54, 1.807) is 6.20 Å². The van der Waals surface area contributed by atoms with Crippen molar-refractivity contribution in [2.45, 2.75) is 38.6 Å². The van der Waals surface area contributed by atoms with Gasteiger partial charge in [-0.05, 0) is 42.5 Å². The molecule has 1 aromatic heterocycles. The van der Waals surface area contributed by atoms with Crippen LogP contribution in [0.1, 0.15) is 43.2 Å². The van der Waals surface area contributed by atoms with Crippen LogP contribution in [-0.2, 0) is 11.3 Å². The Balaban J connectivity index is 1.52. The number of halogens is 1. The number of aromatic nitrogens is 1. The minimum absolute atomic E-state index is 0.0438. The van der Waals surface area contributed by atoms with Crippen LogP contribution in [0.3, 0.4) is 0 Å². The Labute approximate surface area is 153 Å². The van der Waals surface area contributed by atoms with E-state index in [9.17, 15) is 4.79 Å². The molecule has 0 bridgehead atoms. The van der Waals surface area contributed by atoms with Gasteiger partial charge in [0.15, 0.2) is 0 Å². The molecule has 0 saturated heterocycles. The van der Waals surface area contributed by atoms with Crippen molar-refractivity contribution in [1.82, 2.24) is 10.3 Å². The minimum atomic E-state index is 0.0438. The van der Waals surface area contributed by atoms with Crippen LogP contribution in [0.4, 0.5) is 0 Å². The lowest BCUT2D eigenvalue weighted by atomic mass is 10.1. The highest BCUT2D eigenvalue weighted by Crippen LogP contribution is 2.47. The molecule has 1 aliphatic carbocycles. The quantitative estimate of drug-likeness (QED) is 0.714. The van der Waals surface area contributed by atoms with E-state index in [0.29, 0.717) is 24.9 Å². The van der Waals surface area contributed by atoms with E-state index >= 15 is 0 Å². The Morgan fingerprint density at radius 3 is 2.88 bits per heavy atom. The average molecular weight is 359 g/mol. The number of ether oxygens (including phenoxy) is 1. The van der Waals surface area contributed by atoms with Crippen LogP contribution in [0, 0.1) is 5.92 Å². The number of nitrogens with one attached hydrogen (secondary N) is 1. The first kappa shape index (κ1) is 17.7. The number of carbonyl (C=O) groups excluding carboxylic acids is 1. The Morgan fingerprint density at radius 1 is 1.32 bits per heavy atom. The number of benzene rings is 1. The highest BCUT2D eigenvalue weighted by molar-refractivity contribution is 6.30. The van der Waals surface area contributed by atoms with Crippen molar-refractivity contribution in [3.8, 4) is 5.88 Å². The summed E-state index contributed by atoms with van der Waals surface area (Å²) in [5.41, 5.74) is 2.09. The molecule has 4 nitrogen and oxygen atoms in total. The molecule has 1 fully saturated rings. The molecule has 0 spiro atoms. The van der Waals surface area contributed by atoms with Crippen molar-refractivity contribution in [2.75, 3.05) is 6.61 Å². The maximum Gasteiger partial charge on any atom is 0.224 e. The molecular weight excluding hydrogens is 336 g/mol. The third-order valence-electron chi connectivity index (χ3n) is 4.47. The van der Waals surface area contributed by atoms with Gasteiger partial charge in [0.1, 0.15) is 0 Å². The lowest BCUT2D eigenvalue weighted by molar-refractivity contribution is -0.122. The summed E-state index contributed by atoms with van der Waals surface area (Å²) in [4.78, 5) is 16.7. The Kier molecular flexibility index (Phi) is 5.92. The Morgan fingerprint density at radius 2 is 2.12 bits per heavy atom. The highest BCUT2D eigenvalue weighted by atomic mass is 35.5. The normalized spacial score (nSPS) is 18.6. The van der Waals surface area contributed by atoms with Crippen LogP contribution in [0.2, 0.25) is 5.02 Å².